The van der Waals surface area contributed by atoms with E-state index >= 15 is 0 Å². The molecule has 0 aromatic carbocycles. The van der Waals surface area contributed by atoms with Crippen LogP contribution in [0.2, 0.25) is 0 Å². The van der Waals surface area contributed by atoms with Crippen LogP contribution in [-0.4, -0.2) is 21.2 Å². The Labute approximate surface area is 102 Å². The maximum absolute atomic E-state index is 9.91. The van der Waals surface area contributed by atoms with Crippen molar-refractivity contribution in [3.63, 3.8) is 0 Å². The van der Waals surface area contributed by atoms with Gasteiger partial charge in [-0.25, -0.2) is 0 Å². The minimum Gasteiger partial charge on any atom is -0.388 e. The predicted molar refractivity (Wildman–Crippen MR) is 70.0 cm³/mol. The van der Waals surface area contributed by atoms with E-state index in [4.69, 9.17) is 0 Å². The Balaban J connectivity index is 2.16. The van der Waals surface area contributed by atoms with E-state index < -0.39 is 0 Å². The van der Waals surface area contributed by atoms with Crippen LogP contribution in [0.3, 0.4) is 0 Å². The molecule has 0 amide bonds. The van der Waals surface area contributed by atoms with Crippen molar-refractivity contribution in [2.24, 2.45) is 0 Å². The third-order valence-electron chi connectivity index (χ3n) is 3.35. The lowest BCUT2D eigenvalue weighted by Gasteiger charge is -2.23. The van der Waals surface area contributed by atoms with Crippen LogP contribution in [0, 0.1) is 0 Å². The largest absolute Gasteiger partial charge is 0.388 e. The molecule has 2 nitrogen and oxygen atoms in total. The topological polar surface area (TPSA) is 25.2 Å². The second kappa shape index (κ2) is 5.28. The highest BCUT2D eigenvalue weighted by Crippen LogP contribution is 2.32. The van der Waals surface area contributed by atoms with Crippen LogP contribution in [0.5, 0.6) is 0 Å². The highest BCUT2D eigenvalue weighted by molar-refractivity contribution is 7.99. The van der Waals surface area contributed by atoms with Gasteiger partial charge in [0.25, 0.3) is 0 Å². The zero-order valence-electron chi connectivity index (χ0n) is 10.1. The SMILES string of the molecule is CCSCC(C)n1ccc2c1CCCC2O. The predicted octanol–water partition coefficient (Wildman–Crippen LogP) is 3.17. The number of aromatic nitrogens is 1. The molecule has 16 heavy (non-hydrogen) atoms. The minimum atomic E-state index is -0.226. The molecule has 1 aliphatic rings. The molecule has 0 spiro atoms. The number of aliphatic hydroxyl groups is 1. The van der Waals surface area contributed by atoms with Gasteiger partial charge in [-0.2, -0.15) is 11.8 Å². The van der Waals surface area contributed by atoms with Crippen LogP contribution in [0.15, 0.2) is 12.3 Å². The zero-order chi connectivity index (χ0) is 11.5. The normalized spacial score (nSPS) is 21.8. The molecule has 90 valence electrons. The minimum absolute atomic E-state index is 0.226. The lowest BCUT2D eigenvalue weighted by atomic mass is 9.95. The number of hydrogen-bond acceptors (Lipinski definition) is 2. The third-order valence-corrected chi connectivity index (χ3v) is 4.47. The summed E-state index contributed by atoms with van der Waals surface area (Å²) in [6.45, 7) is 4.47. The molecule has 2 unspecified atom stereocenters. The van der Waals surface area contributed by atoms with E-state index in [0.717, 1.165) is 25.0 Å². The van der Waals surface area contributed by atoms with Gasteiger partial charge in [0.05, 0.1) is 6.10 Å². The van der Waals surface area contributed by atoms with Gasteiger partial charge < -0.3 is 9.67 Å². The van der Waals surface area contributed by atoms with Crippen LogP contribution in [0.25, 0.3) is 0 Å². The number of thioether (sulfide) groups is 1. The fraction of sp³-hybridized carbons (Fsp3) is 0.692. The molecule has 1 aliphatic carbocycles. The summed E-state index contributed by atoms with van der Waals surface area (Å²) in [5.74, 6) is 2.34. The van der Waals surface area contributed by atoms with Gasteiger partial charge in [0, 0.05) is 29.2 Å². The Bertz CT molecular complexity index is 348. The summed E-state index contributed by atoms with van der Waals surface area (Å²) in [6, 6.07) is 2.64. The van der Waals surface area contributed by atoms with Crippen LogP contribution >= 0.6 is 11.8 Å². The Hall–Kier alpha value is -0.410. The fourth-order valence-electron chi connectivity index (χ4n) is 2.47. The summed E-state index contributed by atoms with van der Waals surface area (Å²) < 4.78 is 2.36. The number of hydrogen-bond donors (Lipinski definition) is 1. The fourth-order valence-corrected chi connectivity index (χ4v) is 3.21. The van der Waals surface area contributed by atoms with Crippen molar-refractivity contribution in [2.45, 2.75) is 45.3 Å². The van der Waals surface area contributed by atoms with Crippen LogP contribution in [-0.2, 0) is 6.42 Å². The number of nitrogens with zero attached hydrogens (tertiary/aromatic N) is 1. The first-order chi connectivity index (χ1) is 7.74. The summed E-state index contributed by atoms with van der Waals surface area (Å²) in [7, 11) is 0. The molecule has 0 bridgehead atoms. The molecule has 0 saturated carbocycles. The second-order valence-corrected chi connectivity index (χ2v) is 5.86. The molecule has 1 aromatic rings. The summed E-state index contributed by atoms with van der Waals surface area (Å²) in [4.78, 5) is 0. The van der Waals surface area contributed by atoms with Gasteiger partial charge >= 0.3 is 0 Å². The van der Waals surface area contributed by atoms with E-state index in [0.29, 0.717) is 6.04 Å². The number of aliphatic hydroxyl groups excluding tert-OH is 1. The molecule has 0 fully saturated rings. The first kappa shape index (κ1) is 12.1. The molecule has 1 aromatic heterocycles. The molecule has 0 saturated heterocycles. The second-order valence-electron chi connectivity index (χ2n) is 4.54. The van der Waals surface area contributed by atoms with Gasteiger partial charge in [-0.15, -0.1) is 0 Å². The standard InChI is InChI=1S/C13H21NOS/c1-3-16-9-10(2)14-8-7-11-12(14)5-4-6-13(11)15/h7-8,10,13,15H,3-6,9H2,1-2H3. The van der Waals surface area contributed by atoms with E-state index in [1.807, 2.05) is 11.8 Å². The lowest BCUT2D eigenvalue weighted by molar-refractivity contribution is 0.155. The maximum Gasteiger partial charge on any atom is 0.0807 e. The molecule has 3 heteroatoms. The van der Waals surface area contributed by atoms with E-state index in [1.165, 1.54) is 17.0 Å². The van der Waals surface area contributed by atoms with Crippen molar-refractivity contribution < 1.29 is 5.11 Å². The molecular weight excluding hydrogens is 218 g/mol. The Morgan fingerprint density at radius 2 is 2.44 bits per heavy atom. The highest BCUT2D eigenvalue weighted by Gasteiger charge is 2.22. The molecular formula is C13H21NOS. The third kappa shape index (κ3) is 2.30. The summed E-state index contributed by atoms with van der Waals surface area (Å²) >= 11 is 1.98. The number of fused-ring (bicyclic) bond motifs is 1. The van der Waals surface area contributed by atoms with Gasteiger partial charge in [0.1, 0.15) is 0 Å². The van der Waals surface area contributed by atoms with Crippen molar-refractivity contribution >= 4 is 11.8 Å². The van der Waals surface area contributed by atoms with Crippen molar-refractivity contribution in [3.8, 4) is 0 Å². The average molecular weight is 239 g/mol. The van der Waals surface area contributed by atoms with Gasteiger partial charge in [-0.3, -0.25) is 0 Å². The van der Waals surface area contributed by atoms with Crippen molar-refractivity contribution in [3.05, 3.63) is 23.5 Å². The van der Waals surface area contributed by atoms with Gasteiger partial charge in [-0.1, -0.05) is 6.92 Å². The average Bonchev–Trinajstić information content (AvgIpc) is 2.71. The maximum atomic E-state index is 9.91. The monoisotopic (exact) mass is 239 g/mol. The van der Waals surface area contributed by atoms with Gasteiger partial charge in [0.2, 0.25) is 0 Å². The van der Waals surface area contributed by atoms with Gasteiger partial charge in [0.15, 0.2) is 0 Å². The van der Waals surface area contributed by atoms with Crippen molar-refractivity contribution in [1.82, 2.24) is 4.57 Å². The molecule has 1 heterocycles. The molecule has 0 radical (unpaired) electrons. The lowest BCUT2D eigenvalue weighted by Crippen LogP contribution is -2.15. The summed E-state index contributed by atoms with van der Waals surface area (Å²) in [5, 5.41) is 9.91. The Morgan fingerprint density at radius 1 is 1.62 bits per heavy atom. The van der Waals surface area contributed by atoms with E-state index in [9.17, 15) is 5.11 Å². The first-order valence-electron chi connectivity index (χ1n) is 6.19. The van der Waals surface area contributed by atoms with E-state index in [2.05, 4.69) is 30.7 Å². The van der Waals surface area contributed by atoms with E-state index in [1.54, 1.807) is 0 Å². The molecule has 2 atom stereocenters. The molecule has 0 aliphatic heterocycles. The smallest absolute Gasteiger partial charge is 0.0807 e. The van der Waals surface area contributed by atoms with Crippen LogP contribution in [0.4, 0.5) is 0 Å². The van der Waals surface area contributed by atoms with Crippen LogP contribution < -0.4 is 0 Å². The Morgan fingerprint density at radius 3 is 3.19 bits per heavy atom. The molecule has 1 N–H and O–H groups in total. The quantitative estimate of drug-likeness (QED) is 0.873. The van der Waals surface area contributed by atoms with E-state index in [-0.39, 0.29) is 6.10 Å². The Kier molecular flexibility index (Phi) is 3.98. The van der Waals surface area contributed by atoms with Crippen molar-refractivity contribution in [2.75, 3.05) is 11.5 Å². The highest BCUT2D eigenvalue weighted by atomic mass is 32.2. The first-order valence-corrected chi connectivity index (χ1v) is 7.35. The summed E-state index contributed by atoms with van der Waals surface area (Å²) in [5.41, 5.74) is 2.53. The van der Waals surface area contributed by atoms with Crippen molar-refractivity contribution in [1.29, 1.82) is 0 Å². The zero-order valence-corrected chi connectivity index (χ0v) is 11.0. The summed E-state index contributed by atoms with van der Waals surface area (Å²) in [6.07, 6.45) is 5.10. The van der Waals surface area contributed by atoms with Crippen LogP contribution in [0.1, 0.15) is 50.1 Å². The number of rotatable bonds is 4. The van der Waals surface area contributed by atoms with Gasteiger partial charge in [-0.05, 0) is 38.0 Å². The molecule has 2 rings (SSSR count).